The highest BCUT2D eigenvalue weighted by Crippen LogP contribution is 2.03. The molecule has 0 rings (SSSR count). The van der Waals surface area contributed by atoms with Crippen molar-refractivity contribution in [2.24, 2.45) is 10.8 Å². The predicted molar refractivity (Wildman–Crippen MR) is 69.8 cm³/mol. The number of hydrogen-bond acceptors (Lipinski definition) is 4. The Morgan fingerprint density at radius 2 is 2.00 bits per heavy atom. The number of nitrogens with one attached hydrogen (secondary N) is 1. The molecule has 0 spiro atoms. The van der Waals surface area contributed by atoms with Crippen molar-refractivity contribution in [2.45, 2.75) is 26.3 Å². The van der Waals surface area contributed by atoms with Crippen LogP contribution in [0.15, 0.2) is 4.99 Å². The molecule has 0 saturated carbocycles. The maximum absolute atomic E-state index is 5.52. The molecule has 0 saturated heterocycles. The molecule has 0 aromatic carbocycles. The number of nitrogens with zero attached hydrogens (tertiary/aromatic N) is 2. The first-order valence-electron chi connectivity index (χ1n) is 5.96. The maximum atomic E-state index is 5.52. The van der Waals surface area contributed by atoms with Crippen LogP contribution < -0.4 is 11.3 Å². The molecule has 0 bridgehead atoms. The number of methoxy groups -OCH3 is 2. The zero-order chi connectivity index (χ0) is 13.1. The lowest BCUT2D eigenvalue weighted by Crippen LogP contribution is -2.50. The minimum absolute atomic E-state index is 0.363. The van der Waals surface area contributed by atoms with Gasteiger partial charge in [-0.1, -0.05) is 6.92 Å². The van der Waals surface area contributed by atoms with E-state index in [1.165, 1.54) is 0 Å². The van der Waals surface area contributed by atoms with Gasteiger partial charge in [0.1, 0.15) is 0 Å². The third-order valence-electron chi connectivity index (χ3n) is 2.62. The molecule has 0 fully saturated rings. The van der Waals surface area contributed by atoms with E-state index in [9.17, 15) is 0 Å². The molecule has 0 amide bonds. The Hall–Kier alpha value is -0.850. The molecule has 0 aliphatic rings. The summed E-state index contributed by atoms with van der Waals surface area (Å²) in [7, 11) is 3.34. The van der Waals surface area contributed by atoms with Gasteiger partial charge in [0.2, 0.25) is 5.96 Å². The summed E-state index contributed by atoms with van der Waals surface area (Å²) in [5, 5.41) is 0. The number of rotatable bonds is 8. The van der Waals surface area contributed by atoms with Crippen LogP contribution in [0.4, 0.5) is 0 Å². The van der Waals surface area contributed by atoms with Crippen molar-refractivity contribution in [3.8, 4) is 0 Å². The normalized spacial score (nSPS) is 13.6. The SMILES string of the molecule is CCC(C)N(CCOC)C(=NCCOC)NN. The second-order valence-electron chi connectivity index (χ2n) is 3.79. The fourth-order valence-corrected chi connectivity index (χ4v) is 1.41. The Bertz CT molecular complexity index is 212. The van der Waals surface area contributed by atoms with Gasteiger partial charge in [-0.05, 0) is 13.3 Å². The summed E-state index contributed by atoms with van der Waals surface area (Å²) < 4.78 is 10.1. The Morgan fingerprint density at radius 1 is 1.35 bits per heavy atom. The lowest BCUT2D eigenvalue weighted by molar-refractivity contribution is 0.160. The van der Waals surface area contributed by atoms with E-state index in [4.69, 9.17) is 15.3 Å². The highest BCUT2D eigenvalue weighted by molar-refractivity contribution is 5.79. The minimum atomic E-state index is 0.363. The van der Waals surface area contributed by atoms with Crippen LogP contribution >= 0.6 is 0 Å². The molecule has 0 aromatic heterocycles. The lowest BCUT2D eigenvalue weighted by atomic mass is 10.2. The summed E-state index contributed by atoms with van der Waals surface area (Å²) >= 11 is 0. The number of hydrazine groups is 1. The fourth-order valence-electron chi connectivity index (χ4n) is 1.41. The molecule has 0 aromatic rings. The van der Waals surface area contributed by atoms with Crippen molar-refractivity contribution >= 4 is 5.96 Å². The largest absolute Gasteiger partial charge is 0.383 e. The summed E-state index contributed by atoms with van der Waals surface area (Å²) in [6, 6.07) is 0.363. The first-order valence-corrected chi connectivity index (χ1v) is 5.96. The second kappa shape index (κ2) is 10.3. The van der Waals surface area contributed by atoms with Crippen LogP contribution in [-0.4, -0.2) is 57.4 Å². The number of nitrogens with two attached hydrogens (primary N) is 1. The van der Waals surface area contributed by atoms with Crippen molar-refractivity contribution in [1.29, 1.82) is 0 Å². The van der Waals surface area contributed by atoms with Crippen LogP contribution in [0.25, 0.3) is 0 Å². The van der Waals surface area contributed by atoms with Crippen LogP contribution in [0, 0.1) is 0 Å². The van der Waals surface area contributed by atoms with E-state index in [0.29, 0.717) is 31.8 Å². The summed E-state index contributed by atoms with van der Waals surface area (Å²) in [5.41, 5.74) is 2.65. The average Bonchev–Trinajstić information content (AvgIpc) is 2.36. The van der Waals surface area contributed by atoms with Crippen molar-refractivity contribution in [1.82, 2.24) is 10.3 Å². The van der Waals surface area contributed by atoms with E-state index in [1.807, 2.05) is 0 Å². The summed E-state index contributed by atoms with van der Waals surface area (Å²) in [5.74, 6) is 6.20. The third kappa shape index (κ3) is 6.45. The van der Waals surface area contributed by atoms with Gasteiger partial charge in [0.25, 0.3) is 0 Å². The molecule has 0 aliphatic heterocycles. The van der Waals surface area contributed by atoms with Crippen molar-refractivity contribution in [3.05, 3.63) is 0 Å². The Kier molecular flexibility index (Phi) is 9.80. The summed E-state index contributed by atoms with van der Waals surface area (Å²) in [6.45, 7) is 6.86. The van der Waals surface area contributed by atoms with Crippen LogP contribution in [0.5, 0.6) is 0 Å². The molecule has 0 radical (unpaired) electrons. The molecular formula is C11H26N4O2. The molecule has 102 valence electrons. The third-order valence-corrected chi connectivity index (χ3v) is 2.62. The fraction of sp³-hybridized carbons (Fsp3) is 0.909. The van der Waals surface area contributed by atoms with Gasteiger partial charge >= 0.3 is 0 Å². The molecule has 6 heteroatoms. The van der Waals surface area contributed by atoms with E-state index in [2.05, 4.69) is 29.2 Å². The zero-order valence-corrected chi connectivity index (χ0v) is 11.4. The van der Waals surface area contributed by atoms with E-state index in [0.717, 1.165) is 13.0 Å². The van der Waals surface area contributed by atoms with E-state index in [-0.39, 0.29) is 0 Å². The topological polar surface area (TPSA) is 72.1 Å². The van der Waals surface area contributed by atoms with Crippen LogP contribution in [0.2, 0.25) is 0 Å². The van der Waals surface area contributed by atoms with Gasteiger partial charge in [0, 0.05) is 26.8 Å². The molecular weight excluding hydrogens is 220 g/mol. The van der Waals surface area contributed by atoms with E-state index < -0.39 is 0 Å². The minimum Gasteiger partial charge on any atom is -0.383 e. The molecule has 6 nitrogen and oxygen atoms in total. The standard InChI is InChI=1S/C11H26N4O2/c1-5-10(2)15(7-9-17-4)11(14-12)13-6-8-16-3/h10H,5-9,12H2,1-4H3,(H,13,14). The second-order valence-corrected chi connectivity index (χ2v) is 3.79. The first-order chi connectivity index (χ1) is 8.21. The van der Waals surface area contributed by atoms with E-state index >= 15 is 0 Å². The van der Waals surface area contributed by atoms with Crippen molar-refractivity contribution in [3.63, 3.8) is 0 Å². The van der Waals surface area contributed by atoms with Crippen molar-refractivity contribution in [2.75, 3.05) is 40.5 Å². The Morgan fingerprint density at radius 3 is 2.47 bits per heavy atom. The molecule has 0 aliphatic carbocycles. The molecule has 0 heterocycles. The quantitative estimate of drug-likeness (QED) is 0.210. The van der Waals surface area contributed by atoms with Gasteiger partial charge in [0.05, 0.1) is 19.8 Å². The van der Waals surface area contributed by atoms with Gasteiger partial charge in [-0.3, -0.25) is 5.43 Å². The zero-order valence-electron chi connectivity index (χ0n) is 11.4. The van der Waals surface area contributed by atoms with E-state index in [1.54, 1.807) is 14.2 Å². The smallest absolute Gasteiger partial charge is 0.208 e. The van der Waals surface area contributed by atoms with Gasteiger partial charge in [-0.2, -0.15) is 0 Å². The van der Waals surface area contributed by atoms with Gasteiger partial charge in [-0.15, -0.1) is 0 Å². The highest BCUT2D eigenvalue weighted by atomic mass is 16.5. The van der Waals surface area contributed by atoms with Gasteiger partial charge in [-0.25, -0.2) is 10.8 Å². The van der Waals surface area contributed by atoms with Crippen LogP contribution in [0.3, 0.4) is 0 Å². The molecule has 1 unspecified atom stereocenters. The van der Waals surface area contributed by atoms with Crippen LogP contribution in [-0.2, 0) is 9.47 Å². The monoisotopic (exact) mass is 246 g/mol. The lowest BCUT2D eigenvalue weighted by Gasteiger charge is -2.30. The maximum Gasteiger partial charge on any atom is 0.208 e. The Labute approximate surface area is 104 Å². The summed E-state index contributed by atoms with van der Waals surface area (Å²) in [6.07, 6.45) is 1.02. The van der Waals surface area contributed by atoms with Gasteiger partial charge in [0.15, 0.2) is 0 Å². The Balaban J connectivity index is 4.52. The number of hydrogen-bond donors (Lipinski definition) is 2. The van der Waals surface area contributed by atoms with Gasteiger partial charge < -0.3 is 14.4 Å². The number of ether oxygens (including phenoxy) is 2. The number of guanidine groups is 1. The van der Waals surface area contributed by atoms with Crippen LogP contribution in [0.1, 0.15) is 20.3 Å². The first kappa shape index (κ1) is 16.1. The summed E-state index contributed by atoms with van der Waals surface area (Å²) in [4.78, 5) is 6.49. The average molecular weight is 246 g/mol. The molecule has 3 N–H and O–H groups in total. The highest BCUT2D eigenvalue weighted by Gasteiger charge is 2.15. The molecule has 1 atom stereocenters. The predicted octanol–water partition coefficient (Wildman–Crippen LogP) is 0.199. The van der Waals surface area contributed by atoms with Crippen molar-refractivity contribution < 1.29 is 9.47 Å². The molecule has 17 heavy (non-hydrogen) atoms. The number of aliphatic imine (C=N–C) groups is 1.